The fourth-order valence-electron chi connectivity index (χ4n) is 3.73. The van der Waals surface area contributed by atoms with E-state index in [1.165, 1.54) is 12.4 Å². The van der Waals surface area contributed by atoms with E-state index in [-0.39, 0.29) is 5.69 Å². The molecule has 2 heterocycles. The van der Waals surface area contributed by atoms with Crippen LogP contribution in [0.3, 0.4) is 0 Å². The van der Waals surface area contributed by atoms with Gasteiger partial charge in [-0.05, 0) is 31.3 Å². The topological polar surface area (TPSA) is 72.0 Å². The molecule has 0 unspecified atom stereocenters. The maximum Gasteiger partial charge on any atom is 0.163 e. The average Bonchev–Trinajstić information content (AvgIpc) is 2.83. The summed E-state index contributed by atoms with van der Waals surface area (Å²) < 4.78 is 31.4. The van der Waals surface area contributed by atoms with Crippen molar-refractivity contribution >= 4 is 34.0 Å². The number of anilines is 2. The predicted molar refractivity (Wildman–Crippen MR) is 131 cm³/mol. The molecule has 182 valence electrons. The second-order valence-corrected chi connectivity index (χ2v) is 8.53. The molecule has 1 aromatic heterocycles. The molecule has 0 saturated carbocycles. The van der Waals surface area contributed by atoms with Crippen molar-refractivity contribution in [1.29, 1.82) is 0 Å². The molecule has 10 heteroatoms. The number of benzene rings is 2. The number of rotatable bonds is 10. The number of halogens is 2. The molecule has 0 spiro atoms. The third kappa shape index (κ3) is 6.24. The smallest absolute Gasteiger partial charge is 0.163 e. The first kappa shape index (κ1) is 24.4. The van der Waals surface area contributed by atoms with Crippen LogP contribution in [-0.4, -0.2) is 86.5 Å². The summed E-state index contributed by atoms with van der Waals surface area (Å²) in [7, 11) is 3.71. The van der Waals surface area contributed by atoms with Crippen LogP contribution < -0.4 is 14.8 Å². The van der Waals surface area contributed by atoms with E-state index in [4.69, 9.17) is 25.8 Å². The van der Waals surface area contributed by atoms with Crippen molar-refractivity contribution in [3.8, 4) is 11.5 Å². The number of fused-ring (bicyclic) bond motifs is 1. The van der Waals surface area contributed by atoms with Gasteiger partial charge in [-0.3, -0.25) is 4.90 Å². The normalized spacial score (nSPS) is 14.9. The lowest BCUT2D eigenvalue weighted by Gasteiger charge is -2.32. The summed E-state index contributed by atoms with van der Waals surface area (Å²) in [6, 6.07) is 7.96. The third-order valence-corrected chi connectivity index (χ3v) is 5.97. The van der Waals surface area contributed by atoms with E-state index >= 15 is 0 Å². The maximum atomic E-state index is 14.2. The molecule has 0 atom stereocenters. The largest absolute Gasteiger partial charge is 0.493 e. The SMILES string of the molecule is COc1cc2c(Nc3ccc(Cl)cc3F)ncnc2cc1OCCOCCN1CCN(C)CC1. The van der Waals surface area contributed by atoms with Crippen molar-refractivity contribution in [3.05, 3.63) is 47.5 Å². The van der Waals surface area contributed by atoms with E-state index in [9.17, 15) is 4.39 Å². The minimum Gasteiger partial charge on any atom is -0.493 e. The van der Waals surface area contributed by atoms with Gasteiger partial charge < -0.3 is 24.4 Å². The van der Waals surface area contributed by atoms with Gasteiger partial charge in [0.25, 0.3) is 0 Å². The Hall–Kier alpha value is -2.72. The van der Waals surface area contributed by atoms with Crippen LogP contribution in [0.25, 0.3) is 10.9 Å². The highest BCUT2D eigenvalue weighted by Gasteiger charge is 2.14. The Morgan fingerprint density at radius 2 is 1.85 bits per heavy atom. The maximum absolute atomic E-state index is 14.2. The van der Waals surface area contributed by atoms with Crippen molar-refractivity contribution in [2.45, 2.75) is 0 Å². The Morgan fingerprint density at radius 1 is 1.03 bits per heavy atom. The molecule has 0 aliphatic carbocycles. The summed E-state index contributed by atoms with van der Waals surface area (Å²) in [5.74, 6) is 1.06. The lowest BCUT2D eigenvalue weighted by molar-refractivity contribution is 0.0653. The van der Waals surface area contributed by atoms with Crippen LogP contribution >= 0.6 is 11.6 Å². The second kappa shape index (κ2) is 11.6. The van der Waals surface area contributed by atoms with E-state index in [0.29, 0.717) is 53.1 Å². The fourth-order valence-corrected chi connectivity index (χ4v) is 3.89. The molecule has 0 amide bonds. The molecule has 1 aliphatic heterocycles. The molecule has 2 aromatic carbocycles. The third-order valence-electron chi connectivity index (χ3n) is 5.74. The van der Waals surface area contributed by atoms with Gasteiger partial charge >= 0.3 is 0 Å². The highest BCUT2D eigenvalue weighted by atomic mass is 35.5. The minimum absolute atomic E-state index is 0.261. The number of likely N-dealkylation sites (N-methyl/N-ethyl adjacent to an activating group) is 1. The number of aromatic nitrogens is 2. The zero-order chi connectivity index (χ0) is 23.9. The fraction of sp³-hybridized carbons (Fsp3) is 0.417. The number of ether oxygens (including phenoxy) is 3. The first-order valence-corrected chi connectivity index (χ1v) is 11.6. The number of hydrogen-bond donors (Lipinski definition) is 1. The van der Waals surface area contributed by atoms with Gasteiger partial charge in [0.1, 0.15) is 24.6 Å². The van der Waals surface area contributed by atoms with Crippen molar-refractivity contribution in [3.63, 3.8) is 0 Å². The van der Waals surface area contributed by atoms with Crippen LogP contribution in [0.15, 0.2) is 36.7 Å². The van der Waals surface area contributed by atoms with E-state index in [1.54, 1.807) is 31.4 Å². The van der Waals surface area contributed by atoms with Gasteiger partial charge in [0.15, 0.2) is 11.5 Å². The van der Waals surface area contributed by atoms with Gasteiger partial charge in [-0.1, -0.05) is 11.6 Å². The predicted octanol–water partition coefficient (Wildman–Crippen LogP) is 3.82. The Labute approximate surface area is 203 Å². The quantitative estimate of drug-likeness (QED) is 0.431. The summed E-state index contributed by atoms with van der Waals surface area (Å²) in [6.07, 6.45) is 1.41. The van der Waals surface area contributed by atoms with Crippen molar-refractivity contribution in [1.82, 2.24) is 19.8 Å². The van der Waals surface area contributed by atoms with E-state index in [2.05, 4.69) is 32.1 Å². The zero-order valence-corrected chi connectivity index (χ0v) is 20.1. The molecule has 1 fully saturated rings. The van der Waals surface area contributed by atoms with Gasteiger partial charge in [0.05, 0.1) is 31.5 Å². The highest BCUT2D eigenvalue weighted by molar-refractivity contribution is 6.30. The summed E-state index contributed by atoms with van der Waals surface area (Å²) in [6.45, 7) is 6.81. The molecule has 3 aromatic rings. The first-order chi connectivity index (χ1) is 16.5. The Morgan fingerprint density at radius 3 is 2.62 bits per heavy atom. The molecule has 1 aliphatic rings. The number of nitrogens with zero attached hydrogens (tertiary/aromatic N) is 4. The zero-order valence-electron chi connectivity index (χ0n) is 19.4. The monoisotopic (exact) mass is 489 g/mol. The van der Waals surface area contributed by atoms with Gasteiger partial charge in [-0.2, -0.15) is 0 Å². The molecule has 1 saturated heterocycles. The number of hydrogen-bond acceptors (Lipinski definition) is 8. The van der Waals surface area contributed by atoms with Crippen LogP contribution in [0.5, 0.6) is 11.5 Å². The molecular formula is C24H29ClFN5O3. The lowest BCUT2D eigenvalue weighted by Crippen LogP contribution is -2.45. The highest BCUT2D eigenvalue weighted by Crippen LogP contribution is 2.35. The lowest BCUT2D eigenvalue weighted by atomic mass is 10.2. The first-order valence-electron chi connectivity index (χ1n) is 11.2. The summed E-state index contributed by atoms with van der Waals surface area (Å²) in [4.78, 5) is 13.3. The molecular weight excluding hydrogens is 461 g/mol. The standard InChI is InChI=1S/C24H29ClFN5O3/c1-30-5-7-31(8-6-30)9-10-33-11-12-34-23-15-21-18(14-22(23)32-2)24(28-16-27-21)29-20-4-3-17(25)13-19(20)26/h3-4,13-16H,5-12H2,1-2H3,(H,27,28,29). The van der Waals surface area contributed by atoms with Crippen LogP contribution in [-0.2, 0) is 4.74 Å². The van der Waals surface area contributed by atoms with Crippen LogP contribution in [0, 0.1) is 5.82 Å². The van der Waals surface area contributed by atoms with Crippen molar-refractivity contribution in [2.24, 2.45) is 0 Å². The van der Waals surface area contributed by atoms with Crippen LogP contribution in [0.4, 0.5) is 15.9 Å². The molecule has 8 nitrogen and oxygen atoms in total. The van der Waals surface area contributed by atoms with Gasteiger partial charge in [0, 0.05) is 49.2 Å². The number of piperazine rings is 1. The second-order valence-electron chi connectivity index (χ2n) is 8.10. The molecule has 1 N–H and O–H groups in total. The Balaban J connectivity index is 1.36. The Kier molecular flexibility index (Phi) is 8.34. The van der Waals surface area contributed by atoms with E-state index in [0.717, 1.165) is 32.7 Å². The Bertz CT molecular complexity index is 1110. The summed E-state index contributed by atoms with van der Waals surface area (Å²) in [5.41, 5.74) is 0.899. The van der Waals surface area contributed by atoms with Gasteiger partial charge in [-0.15, -0.1) is 0 Å². The van der Waals surface area contributed by atoms with Crippen molar-refractivity contribution in [2.75, 3.05) is 72.0 Å². The minimum atomic E-state index is -0.473. The van der Waals surface area contributed by atoms with Crippen LogP contribution in [0.1, 0.15) is 0 Å². The summed E-state index contributed by atoms with van der Waals surface area (Å²) >= 11 is 5.85. The van der Waals surface area contributed by atoms with Crippen molar-refractivity contribution < 1.29 is 18.6 Å². The van der Waals surface area contributed by atoms with E-state index in [1.807, 2.05) is 0 Å². The molecule has 0 radical (unpaired) electrons. The number of methoxy groups -OCH3 is 1. The average molecular weight is 490 g/mol. The molecule has 34 heavy (non-hydrogen) atoms. The van der Waals surface area contributed by atoms with E-state index < -0.39 is 5.82 Å². The van der Waals surface area contributed by atoms with Gasteiger partial charge in [0.2, 0.25) is 0 Å². The summed E-state index contributed by atoms with van der Waals surface area (Å²) in [5, 5.41) is 3.99. The molecule has 4 rings (SSSR count). The number of nitrogens with one attached hydrogen (secondary N) is 1. The molecule has 0 bridgehead atoms. The van der Waals surface area contributed by atoms with Gasteiger partial charge in [-0.25, -0.2) is 14.4 Å². The van der Waals surface area contributed by atoms with Crippen LogP contribution in [0.2, 0.25) is 5.02 Å².